The number of aromatic nitrogens is 1. The average molecular weight is 488 g/mol. The quantitative estimate of drug-likeness (QED) is 0.286. The Morgan fingerprint density at radius 3 is 2.14 bits per heavy atom. The topological polar surface area (TPSA) is 89.6 Å². The summed E-state index contributed by atoms with van der Waals surface area (Å²) in [5.74, 6) is -1.90. The summed E-state index contributed by atoms with van der Waals surface area (Å²) in [6, 6.07) is 21.2. The number of carbonyl (C=O) groups excluding carboxylic acids is 1. The van der Waals surface area contributed by atoms with Gasteiger partial charge in [-0.05, 0) is 43.5 Å². The van der Waals surface area contributed by atoms with Crippen molar-refractivity contribution in [1.29, 1.82) is 0 Å². The molecule has 0 fully saturated rings. The first-order chi connectivity index (χ1) is 17.2. The lowest BCUT2D eigenvalue weighted by Crippen LogP contribution is -2.13. The Kier molecular flexibility index (Phi) is 7.29. The number of hydrogen-bond acceptors (Lipinski definition) is 5. The number of halogens is 1. The van der Waals surface area contributed by atoms with E-state index in [4.69, 9.17) is 9.26 Å². The molecule has 0 aliphatic heterocycles. The second-order valence-corrected chi connectivity index (χ2v) is 8.67. The smallest absolute Gasteiger partial charge is 0.311 e. The molecule has 0 amide bonds. The molecule has 0 spiro atoms. The lowest BCUT2D eigenvalue weighted by atomic mass is 9.96. The molecule has 1 heterocycles. The van der Waals surface area contributed by atoms with Gasteiger partial charge in [-0.25, -0.2) is 4.39 Å². The summed E-state index contributed by atoms with van der Waals surface area (Å²) >= 11 is 0. The number of rotatable bonds is 8. The maximum Gasteiger partial charge on any atom is 0.311 e. The zero-order valence-electron chi connectivity index (χ0n) is 20.2. The number of carboxylic acids is 1. The van der Waals surface area contributed by atoms with Crippen LogP contribution in [0.3, 0.4) is 0 Å². The molecule has 4 rings (SSSR count). The third-order valence-electron chi connectivity index (χ3n) is 6.22. The van der Waals surface area contributed by atoms with Gasteiger partial charge in [0.15, 0.2) is 5.76 Å². The summed E-state index contributed by atoms with van der Waals surface area (Å²) in [5, 5.41) is 13.2. The van der Waals surface area contributed by atoms with Gasteiger partial charge < -0.3 is 14.4 Å². The van der Waals surface area contributed by atoms with Crippen LogP contribution in [0.5, 0.6) is 0 Å². The van der Waals surface area contributed by atoms with E-state index in [2.05, 4.69) is 5.16 Å². The van der Waals surface area contributed by atoms with Crippen LogP contribution < -0.4 is 0 Å². The minimum Gasteiger partial charge on any atom is -0.481 e. The van der Waals surface area contributed by atoms with Gasteiger partial charge in [-0.2, -0.15) is 0 Å². The Labute approximate surface area is 208 Å². The van der Waals surface area contributed by atoms with E-state index in [9.17, 15) is 19.1 Å². The minimum absolute atomic E-state index is 0.0611. The molecule has 2 unspecified atom stereocenters. The molecular weight excluding hydrogens is 461 g/mol. The van der Waals surface area contributed by atoms with E-state index < -0.39 is 29.8 Å². The highest BCUT2D eigenvalue weighted by molar-refractivity contribution is 5.78. The van der Waals surface area contributed by atoms with Gasteiger partial charge in [0.05, 0.1) is 18.0 Å². The van der Waals surface area contributed by atoms with Crippen molar-refractivity contribution in [3.63, 3.8) is 0 Å². The molecule has 0 bridgehead atoms. The number of benzene rings is 3. The van der Waals surface area contributed by atoms with Crippen molar-refractivity contribution in [2.45, 2.75) is 39.2 Å². The van der Waals surface area contributed by atoms with Crippen LogP contribution in [0.4, 0.5) is 4.39 Å². The van der Waals surface area contributed by atoms with Crippen molar-refractivity contribution in [3.05, 3.63) is 101 Å². The molecular formula is C29H26FNO5. The zero-order valence-corrected chi connectivity index (χ0v) is 20.2. The summed E-state index contributed by atoms with van der Waals surface area (Å²) < 4.78 is 25.0. The van der Waals surface area contributed by atoms with Crippen molar-refractivity contribution in [1.82, 2.24) is 5.16 Å². The normalized spacial score (nSPS) is 12.7. The Morgan fingerprint density at radius 1 is 0.944 bits per heavy atom. The van der Waals surface area contributed by atoms with E-state index in [0.717, 1.165) is 22.3 Å². The second kappa shape index (κ2) is 10.6. The molecule has 0 saturated carbocycles. The molecule has 0 aliphatic carbocycles. The summed E-state index contributed by atoms with van der Waals surface area (Å²) in [4.78, 5) is 23.8. The predicted molar refractivity (Wildman–Crippen MR) is 133 cm³/mol. The lowest BCUT2D eigenvalue weighted by Gasteiger charge is -2.14. The summed E-state index contributed by atoms with van der Waals surface area (Å²) in [6.07, 6.45) is -0.791. The molecule has 184 valence electrons. The van der Waals surface area contributed by atoms with Crippen LogP contribution in [-0.4, -0.2) is 22.2 Å². The van der Waals surface area contributed by atoms with E-state index in [1.807, 2.05) is 48.5 Å². The second-order valence-electron chi connectivity index (χ2n) is 8.67. The molecule has 0 aliphatic rings. The fourth-order valence-electron chi connectivity index (χ4n) is 4.00. The standard InChI is InChI=1S/C29H26FNO5/c1-17(29(33)34)20-8-10-21(11-9-20)22-12-14-23(15-13-22)28-25(18(2)31-36-28)16-27(32)35-19(3)24-6-4-5-7-26(24)30/h4-15,17,19H,16H2,1-3H3,(H,33,34). The Morgan fingerprint density at radius 2 is 1.53 bits per heavy atom. The Bertz CT molecular complexity index is 1380. The molecule has 3 aromatic carbocycles. The van der Waals surface area contributed by atoms with Gasteiger partial charge in [-0.3, -0.25) is 9.59 Å². The van der Waals surface area contributed by atoms with Crippen molar-refractivity contribution in [3.8, 4) is 22.5 Å². The van der Waals surface area contributed by atoms with E-state index in [-0.39, 0.29) is 6.42 Å². The van der Waals surface area contributed by atoms with Crippen LogP contribution in [0.15, 0.2) is 77.3 Å². The van der Waals surface area contributed by atoms with Crippen molar-refractivity contribution >= 4 is 11.9 Å². The van der Waals surface area contributed by atoms with Gasteiger partial charge in [0, 0.05) is 16.7 Å². The van der Waals surface area contributed by atoms with Crippen LogP contribution in [0.2, 0.25) is 0 Å². The lowest BCUT2D eigenvalue weighted by molar-refractivity contribution is -0.148. The Balaban J connectivity index is 1.49. The van der Waals surface area contributed by atoms with Crippen molar-refractivity contribution in [2.75, 3.05) is 0 Å². The van der Waals surface area contributed by atoms with Crippen LogP contribution in [-0.2, 0) is 20.7 Å². The number of hydrogen-bond donors (Lipinski definition) is 1. The maximum atomic E-state index is 14.0. The van der Waals surface area contributed by atoms with Gasteiger partial charge in [-0.15, -0.1) is 0 Å². The van der Waals surface area contributed by atoms with Gasteiger partial charge in [0.2, 0.25) is 0 Å². The molecule has 1 aromatic heterocycles. The van der Waals surface area contributed by atoms with Crippen molar-refractivity contribution in [2.24, 2.45) is 0 Å². The first-order valence-electron chi connectivity index (χ1n) is 11.6. The van der Waals surface area contributed by atoms with Crippen molar-refractivity contribution < 1.29 is 28.3 Å². The largest absolute Gasteiger partial charge is 0.481 e. The molecule has 0 saturated heterocycles. The molecule has 1 N–H and O–H groups in total. The first kappa shape index (κ1) is 24.9. The highest BCUT2D eigenvalue weighted by Crippen LogP contribution is 2.30. The van der Waals surface area contributed by atoms with E-state index in [1.165, 1.54) is 6.07 Å². The third kappa shape index (κ3) is 5.35. The first-order valence-corrected chi connectivity index (χ1v) is 11.6. The monoisotopic (exact) mass is 487 g/mol. The van der Waals surface area contributed by atoms with E-state index in [1.54, 1.807) is 39.0 Å². The molecule has 36 heavy (non-hydrogen) atoms. The summed E-state index contributed by atoms with van der Waals surface area (Å²) in [5.41, 5.74) is 4.88. The van der Waals surface area contributed by atoms with Gasteiger partial charge in [-0.1, -0.05) is 71.9 Å². The molecule has 4 aromatic rings. The number of aryl methyl sites for hydroxylation is 1. The van der Waals surface area contributed by atoms with Crippen LogP contribution in [0, 0.1) is 12.7 Å². The van der Waals surface area contributed by atoms with Gasteiger partial charge in [0.25, 0.3) is 0 Å². The highest BCUT2D eigenvalue weighted by Gasteiger charge is 2.22. The Hall–Kier alpha value is -4.26. The summed E-state index contributed by atoms with van der Waals surface area (Å²) in [7, 11) is 0. The van der Waals surface area contributed by atoms with E-state index in [0.29, 0.717) is 22.6 Å². The SMILES string of the molecule is Cc1noc(-c2ccc(-c3ccc(C(C)C(=O)O)cc3)cc2)c1CC(=O)OC(C)c1ccccc1F. The number of esters is 1. The number of carbonyl (C=O) groups is 2. The fraction of sp³-hybridized carbons (Fsp3) is 0.207. The van der Waals surface area contributed by atoms with Crippen LogP contribution in [0.1, 0.15) is 48.3 Å². The zero-order chi connectivity index (χ0) is 25.8. The van der Waals surface area contributed by atoms with Gasteiger partial charge in [0.1, 0.15) is 11.9 Å². The molecule has 6 nitrogen and oxygen atoms in total. The number of aliphatic carboxylic acids is 1. The number of ether oxygens (including phenoxy) is 1. The van der Waals surface area contributed by atoms with Crippen LogP contribution in [0.25, 0.3) is 22.5 Å². The minimum atomic E-state index is -0.865. The third-order valence-corrected chi connectivity index (χ3v) is 6.22. The predicted octanol–water partition coefficient (Wildman–Crippen LogP) is 6.49. The molecule has 0 radical (unpaired) electrons. The fourth-order valence-corrected chi connectivity index (χ4v) is 4.00. The van der Waals surface area contributed by atoms with Crippen LogP contribution >= 0.6 is 0 Å². The maximum absolute atomic E-state index is 14.0. The number of carboxylic acid groups (broad SMARTS) is 1. The van der Waals surface area contributed by atoms with E-state index >= 15 is 0 Å². The highest BCUT2D eigenvalue weighted by atomic mass is 19.1. The van der Waals surface area contributed by atoms with Gasteiger partial charge >= 0.3 is 11.9 Å². The average Bonchev–Trinajstić information content (AvgIpc) is 3.23. The molecule has 2 atom stereocenters. The molecule has 7 heteroatoms. The number of nitrogens with zero attached hydrogens (tertiary/aromatic N) is 1. The summed E-state index contributed by atoms with van der Waals surface area (Å²) in [6.45, 7) is 5.04.